The quantitative estimate of drug-likeness (QED) is 0.743. The molecule has 0 radical (unpaired) electrons. The van der Waals surface area contributed by atoms with Crippen molar-refractivity contribution >= 4 is 17.5 Å². The molecule has 4 N–H and O–H groups in total. The predicted molar refractivity (Wildman–Crippen MR) is 79.1 cm³/mol. The summed E-state index contributed by atoms with van der Waals surface area (Å²) in [6.07, 6.45) is 3.19. The molecule has 7 nitrogen and oxygen atoms in total. The minimum absolute atomic E-state index is 0.210. The Kier molecular flexibility index (Phi) is 4.68. The number of aromatic nitrogens is 2. The Labute approximate surface area is 122 Å². The van der Waals surface area contributed by atoms with E-state index in [1.807, 2.05) is 0 Å². The fourth-order valence-electron chi connectivity index (χ4n) is 1.83. The molecule has 2 amide bonds. The van der Waals surface area contributed by atoms with Gasteiger partial charge in [0.2, 0.25) is 0 Å². The number of hydrogen-bond acceptors (Lipinski definition) is 4. The molecule has 1 aromatic heterocycles. The van der Waals surface area contributed by atoms with Crippen LogP contribution in [0.15, 0.2) is 36.8 Å². The number of hydrogen-bond donors (Lipinski definition) is 3. The maximum Gasteiger partial charge on any atom is 0.275 e. The van der Waals surface area contributed by atoms with Crippen LogP contribution >= 0.6 is 0 Å². The predicted octanol–water partition coefficient (Wildman–Crippen LogP) is 0.454. The first-order valence-corrected chi connectivity index (χ1v) is 6.49. The van der Waals surface area contributed by atoms with Gasteiger partial charge in [-0.05, 0) is 18.2 Å². The van der Waals surface area contributed by atoms with E-state index in [1.54, 1.807) is 48.4 Å². The first-order valence-electron chi connectivity index (χ1n) is 6.49. The molecule has 0 bridgehead atoms. The number of imidazole rings is 1. The van der Waals surface area contributed by atoms with Crippen molar-refractivity contribution in [1.82, 2.24) is 14.9 Å². The highest BCUT2D eigenvalue weighted by Gasteiger charge is 2.11. The number of carbonyl (C=O) groups is 2. The lowest BCUT2D eigenvalue weighted by Crippen LogP contribution is -2.18. The lowest BCUT2D eigenvalue weighted by molar-refractivity contribution is 0.0961. The fraction of sp³-hybridized carbons (Fsp3) is 0.214. The molecule has 2 aromatic rings. The highest BCUT2D eigenvalue weighted by atomic mass is 16.2. The van der Waals surface area contributed by atoms with E-state index in [0.29, 0.717) is 30.0 Å². The summed E-state index contributed by atoms with van der Waals surface area (Å²) in [4.78, 5) is 27.6. The number of rotatable bonds is 5. The van der Waals surface area contributed by atoms with Gasteiger partial charge in [-0.25, -0.2) is 4.98 Å². The van der Waals surface area contributed by atoms with Crippen LogP contribution in [0.5, 0.6) is 0 Å². The summed E-state index contributed by atoms with van der Waals surface area (Å²) in [7, 11) is 1.55. The second kappa shape index (κ2) is 6.67. The molecular formula is C14H17N5O2. The molecule has 0 saturated heterocycles. The monoisotopic (exact) mass is 287 g/mol. The lowest BCUT2D eigenvalue weighted by Gasteiger charge is -2.05. The molecule has 0 aliphatic carbocycles. The van der Waals surface area contributed by atoms with Gasteiger partial charge in [0.1, 0.15) is 5.69 Å². The third-order valence-electron chi connectivity index (χ3n) is 2.86. The topological polar surface area (TPSA) is 102 Å². The summed E-state index contributed by atoms with van der Waals surface area (Å²) in [5.74, 6) is -0.543. The average molecular weight is 287 g/mol. The van der Waals surface area contributed by atoms with Crippen LogP contribution in [0, 0.1) is 0 Å². The van der Waals surface area contributed by atoms with E-state index < -0.39 is 0 Å². The van der Waals surface area contributed by atoms with E-state index in [2.05, 4.69) is 15.6 Å². The van der Waals surface area contributed by atoms with E-state index in [0.717, 1.165) is 0 Å². The van der Waals surface area contributed by atoms with Crippen LogP contribution in [0.25, 0.3) is 0 Å². The highest BCUT2D eigenvalue weighted by Crippen LogP contribution is 2.12. The molecule has 21 heavy (non-hydrogen) atoms. The Balaban J connectivity index is 2.09. The van der Waals surface area contributed by atoms with Crippen molar-refractivity contribution < 1.29 is 9.59 Å². The zero-order valence-electron chi connectivity index (χ0n) is 11.7. The second-order valence-corrected chi connectivity index (χ2v) is 4.40. The van der Waals surface area contributed by atoms with Crippen molar-refractivity contribution in [3.63, 3.8) is 0 Å². The van der Waals surface area contributed by atoms with E-state index in [1.165, 1.54) is 0 Å². The Morgan fingerprint density at radius 1 is 1.33 bits per heavy atom. The van der Waals surface area contributed by atoms with Gasteiger partial charge in [-0.3, -0.25) is 9.59 Å². The van der Waals surface area contributed by atoms with Gasteiger partial charge in [-0.2, -0.15) is 0 Å². The van der Waals surface area contributed by atoms with Crippen molar-refractivity contribution in [2.45, 2.75) is 6.54 Å². The highest BCUT2D eigenvalue weighted by molar-refractivity contribution is 6.03. The van der Waals surface area contributed by atoms with Gasteiger partial charge in [-0.15, -0.1) is 0 Å². The van der Waals surface area contributed by atoms with Crippen LogP contribution < -0.4 is 16.4 Å². The van der Waals surface area contributed by atoms with Gasteiger partial charge in [0.15, 0.2) is 0 Å². The van der Waals surface area contributed by atoms with Crippen molar-refractivity contribution in [3.05, 3.63) is 48.0 Å². The Bertz CT molecular complexity index is 650. The number of nitrogens with one attached hydrogen (secondary N) is 2. The lowest BCUT2D eigenvalue weighted by atomic mass is 10.2. The molecule has 0 unspecified atom stereocenters. The molecule has 0 aliphatic rings. The SMILES string of the molecule is CNC(=O)c1cccc(NC(=O)c2cn(CCN)cn2)c1. The molecule has 1 heterocycles. The molecular weight excluding hydrogens is 270 g/mol. The normalized spacial score (nSPS) is 10.2. The van der Waals surface area contributed by atoms with Crippen LogP contribution in [0.2, 0.25) is 0 Å². The summed E-state index contributed by atoms with van der Waals surface area (Å²) >= 11 is 0. The van der Waals surface area contributed by atoms with Crippen molar-refractivity contribution in [1.29, 1.82) is 0 Å². The third kappa shape index (κ3) is 3.67. The fourth-order valence-corrected chi connectivity index (χ4v) is 1.83. The zero-order valence-corrected chi connectivity index (χ0v) is 11.7. The van der Waals surface area contributed by atoms with Crippen LogP contribution in [0.3, 0.4) is 0 Å². The summed E-state index contributed by atoms with van der Waals surface area (Å²) in [5, 5.41) is 5.24. The maximum absolute atomic E-state index is 12.1. The summed E-state index contributed by atoms with van der Waals surface area (Å²) in [6, 6.07) is 6.69. The van der Waals surface area contributed by atoms with Gasteiger partial charge in [-0.1, -0.05) is 6.07 Å². The van der Waals surface area contributed by atoms with Crippen LogP contribution in [-0.2, 0) is 6.54 Å². The average Bonchev–Trinajstić information content (AvgIpc) is 2.96. The maximum atomic E-state index is 12.1. The van der Waals surface area contributed by atoms with E-state index in [9.17, 15) is 9.59 Å². The van der Waals surface area contributed by atoms with E-state index >= 15 is 0 Å². The van der Waals surface area contributed by atoms with E-state index in [4.69, 9.17) is 5.73 Å². The van der Waals surface area contributed by atoms with Crippen molar-refractivity contribution in [2.24, 2.45) is 5.73 Å². The van der Waals surface area contributed by atoms with Gasteiger partial charge < -0.3 is 20.9 Å². The minimum atomic E-state index is -0.333. The molecule has 7 heteroatoms. The molecule has 0 fully saturated rings. The Morgan fingerprint density at radius 2 is 2.14 bits per heavy atom. The van der Waals surface area contributed by atoms with Crippen LogP contribution in [0.4, 0.5) is 5.69 Å². The van der Waals surface area contributed by atoms with Crippen molar-refractivity contribution in [2.75, 3.05) is 18.9 Å². The Morgan fingerprint density at radius 3 is 2.86 bits per heavy atom. The molecule has 0 spiro atoms. The molecule has 2 rings (SSSR count). The minimum Gasteiger partial charge on any atom is -0.355 e. The molecule has 0 atom stereocenters. The van der Waals surface area contributed by atoms with Gasteiger partial charge in [0.05, 0.1) is 6.33 Å². The molecule has 1 aromatic carbocycles. The first kappa shape index (κ1) is 14.7. The van der Waals surface area contributed by atoms with Crippen molar-refractivity contribution in [3.8, 4) is 0 Å². The second-order valence-electron chi connectivity index (χ2n) is 4.40. The number of anilines is 1. The first-order chi connectivity index (χ1) is 10.1. The number of nitrogens with two attached hydrogens (primary N) is 1. The number of benzene rings is 1. The molecule has 0 aliphatic heterocycles. The summed E-state index contributed by atoms with van der Waals surface area (Å²) in [6.45, 7) is 1.08. The number of nitrogens with zero attached hydrogens (tertiary/aromatic N) is 2. The van der Waals surface area contributed by atoms with Gasteiger partial charge in [0, 0.05) is 37.6 Å². The standard InChI is InChI=1S/C14H17N5O2/c1-16-13(20)10-3-2-4-11(7-10)18-14(21)12-8-19(6-5-15)9-17-12/h2-4,7-9H,5-6,15H2,1H3,(H,16,20)(H,18,21). The smallest absolute Gasteiger partial charge is 0.275 e. The molecule has 0 saturated carbocycles. The largest absolute Gasteiger partial charge is 0.355 e. The summed E-state index contributed by atoms with van der Waals surface area (Å²) < 4.78 is 1.75. The van der Waals surface area contributed by atoms with Crippen LogP contribution in [-0.4, -0.2) is 35.0 Å². The summed E-state index contributed by atoms with van der Waals surface area (Å²) in [5.41, 5.74) is 6.75. The Hall–Kier alpha value is -2.67. The van der Waals surface area contributed by atoms with E-state index in [-0.39, 0.29) is 11.8 Å². The molecule has 110 valence electrons. The van der Waals surface area contributed by atoms with Gasteiger partial charge >= 0.3 is 0 Å². The zero-order chi connectivity index (χ0) is 15.2. The number of carbonyl (C=O) groups excluding carboxylic acids is 2. The third-order valence-corrected chi connectivity index (χ3v) is 2.86. The van der Waals surface area contributed by atoms with Gasteiger partial charge in [0.25, 0.3) is 11.8 Å². The van der Waals surface area contributed by atoms with Crippen LogP contribution in [0.1, 0.15) is 20.8 Å². The number of amides is 2.